The van der Waals surface area contributed by atoms with E-state index in [1.54, 1.807) is 0 Å². The molecule has 0 atom stereocenters. The van der Waals surface area contributed by atoms with Gasteiger partial charge < -0.3 is 0 Å². The van der Waals surface area contributed by atoms with Crippen molar-refractivity contribution in [2.24, 2.45) is 0 Å². The summed E-state index contributed by atoms with van der Waals surface area (Å²) in [6.07, 6.45) is 1.25. The van der Waals surface area contributed by atoms with Gasteiger partial charge in [0, 0.05) is 11.0 Å². The zero-order chi connectivity index (χ0) is 17.1. The van der Waals surface area contributed by atoms with Gasteiger partial charge in [0.25, 0.3) is 5.56 Å². The predicted octanol–water partition coefficient (Wildman–Crippen LogP) is 4.87. The fourth-order valence-corrected chi connectivity index (χ4v) is 2.26. The largest absolute Gasteiger partial charge is 0.290 e. The molecule has 3 nitrogen and oxygen atoms in total. The molecular formula is C19H30N2O. The molecule has 0 aliphatic heterocycles. The number of fused-ring (bicyclic) bond motifs is 1. The molecule has 0 fully saturated rings. The Bertz CT molecular complexity index is 685. The highest BCUT2D eigenvalue weighted by Gasteiger charge is 2.28. The first-order valence-corrected chi connectivity index (χ1v) is 8.06. The van der Waals surface area contributed by atoms with E-state index in [9.17, 15) is 4.79 Å². The van der Waals surface area contributed by atoms with Crippen LogP contribution in [0.1, 0.15) is 67.6 Å². The fraction of sp³-hybridized carbons (Fsp3) is 0.579. The Kier molecular flexibility index (Phi) is 5.55. The molecule has 0 N–H and O–H groups in total. The molecule has 0 aliphatic rings. The highest BCUT2D eigenvalue weighted by molar-refractivity contribution is 5.77. The van der Waals surface area contributed by atoms with Gasteiger partial charge in [0.2, 0.25) is 0 Å². The highest BCUT2D eigenvalue weighted by Crippen LogP contribution is 2.25. The fourth-order valence-electron chi connectivity index (χ4n) is 2.26. The molecule has 0 radical (unpaired) electrons. The zero-order valence-corrected chi connectivity index (χ0v) is 15.3. The van der Waals surface area contributed by atoms with Crippen LogP contribution >= 0.6 is 0 Å². The molecule has 2 rings (SSSR count). The van der Waals surface area contributed by atoms with Crippen molar-refractivity contribution < 1.29 is 0 Å². The van der Waals surface area contributed by atoms with E-state index in [-0.39, 0.29) is 16.5 Å². The van der Waals surface area contributed by atoms with Crippen molar-refractivity contribution in [1.82, 2.24) is 9.55 Å². The minimum absolute atomic E-state index is 0.0445. The van der Waals surface area contributed by atoms with E-state index in [1.807, 2.05) is 49.6 Å². The van der Waals surface area contributed by atoms with Crippen LogP contribution in [-0.4, -0.2) is 9.55 Å². The lowest BCUT2D eigenvalue weighted by Crippen LogP contribution is -2.40. The van der Waals surface area contributed by atoms with Crippen molar-refractivity contribution >= 4 is 10.9 Å². The van der Waals surface area contributed by atoms with Crippen LogP contribution in [0.4, 0.5) is 0 Å². The maximum Gasteiger partial charge on any atom is 0.261 e. The number of nitrogens with zero attached hydrogens (tertiary/aromatic N) is 2. The maximum absolute atomic E-state index is 12.8. The summed E-state index contributed by atoms with van der Waals surface area (Å²) in [5.74, 6) is 0.837. The Morgan fingerprint density at radius 3 is 1.95 bits per heavy atom. The molecule has 1 aromatic carbocycles. The number of para-hydroxylation sites is 1. The van der Waals surface area contributed by atoms with Crippen LogP contribution in [0.15, 0.2) is 29.1 Å². The van der Waals surface area contributed by atoms with Gasteiger partial charge in [-0.3, -0.25) is 9.36 Å². The van der Waals surface area contributed by atoms with Crippen molar-refractivity contribution in [1.29, 1.82) is 0 Å². The zero-order valence-electron chi connectivity index (χ0n) is 15.3. The summed E-state index contributed by atoms with van der Waals surface area (Å²) < 4.78 is 1.83. The van der Waals surface area contributed by atoms with Crippen molar-refractivity contribution in [2.45, 2.75) is 72.8 Å². The normalized spacial score (nSPS) is 12.0. The highest BCUT2D eigenvalue weighted by atomic mass is 16.1. The molecule has 0 aliphatic carbocycles. The first-order chi connectivity index (χ1) is 10.0. The summed E-state index contributed by atoms with van der Waals surface area (Å²) in [5, 5.41) is 0.686. The second-order valence-corrected chi connectivity index (χ2v) is 7.72. The van der Waals surface area contributed by atoms with Crippen molar-refractivity contribution in [3.8, 4) is 0 Å². The Hall–Kier alpha value is -1.64. The molecule has 0 saturated carbocycles. The van der Waals surface area contributed by atoms with Crippen LogP contribution < -0.4 is 5.56 Å². The predicted molar refractivity (Wildman–Crippen MR) is 95.7 cm³/mol. The van der Waals surface area contributed by atoms with E-state index >= 15 is 0 Å². The van der Waals surface area contributed by atoms with Gasteiger partial charge in [-0.15, -0.1) is 0 Å². The first kappa shape index (κ1) is 18.4. The monoisotopic (exact) mass is 302 g/mol. The quantitative estimate of drug-likeness (QED) is 0.696. The van der Waals surface area contributed by atoms with Gasteiger partial charge in [-0.05, 0) is 32.9 Å². The third-order valence-electron chi connectivity index (χ3n) is 3.12. The van der Waals surface area contributed by atoms with Crippen LogP contribution in [-0.2, 0) is 11.0 Å². The number of aromatic nitrogens is 2. The lowest BCUT2D eigenvalue weighted by atomic mass is 9.93. The molecule has 0 spiro atoms. The Balaban J connectivity index is 0.000000745. The van der Waals surface area contributed by atoms with Crippen molar-refractivity contribution in [3.05, 3.63) is 40.4 Å². The first-order valence-electron chi connectivity index (χ1n) is 8.06. The van der Waals surface area contributed by atoms with E-state index in [0.29, 0.717) is 5.39 Å². The number of benzene rings is 1. The van der Waals surface area contributed by atoms with Crippen LogP contribution in [0, 0.1) is 0 Å². The minimum atomic E-state index is -0.281. The maximum atomic E-state index is 12.8. The molecule has 0 amide bonds. The topological polar surface area (TPSA) is 34.9 Å². The summed E-state index contributed by atoms with van der Waals surface area (Å²) in [4.78, 5) is 17.5. The molecule has 2 aromatic rings. The Morgan fingerprint density at radius 1 is 1.00 bits per heavy atom. The summed E-state index contributed by atoms with van der Waals surface area (Å²) in [5.41, 5.74) is 0.369. The third kappa shape index (κ3) is 3.96. The molecule has 122 valence electrons. The lowest BCUT2D eigenvalue weighted by Gasteiger charge is -2.31. The molecule has 0 saturated heterocycles. The summed E-state index contributed by atoms with van der Waals surface area (Å²) in [7, 11) is 0. The van der Waals surface area contributed by atoms with Crippen LogP contribution in [0.3, 0.4) is 0 Å². The van der Waals surface area contributed by atoms with Crippen LogP contribution in [0.25, 0.3) is 10.9 Å². The molecule has 0 bridgehead atoms. The van der Waals surface area contributed by atoms with Crippen molar-refractivity contribution in [3.63, 3.8) is 0 Å². The van der Waals surface area contributed by atoms with Gasteiger partial charge >= 0.3 is 0 Å². The van der Waals surface area contributed by atoms with Gasteiger partial charge in [0.1, 0.15) is 5.82 Å². The van der Waals surface area contributed by atoms with Gasteiger partial charge in [0.15, 0.2) is 0 Å². The smallest absolute Gasteiger partial charge is 0.261 e. The summed E-state index contributed by atoms with van der Waals surface area (Å²) in [6, 6.07) is 7.55. The van der Waals surface area contributed by atoms with E-state index in [1.165, 1.54) is 6.42 Å². The van der Waals surface area contributed by atoms with E-state index in [4.69, 9.17) is 4.98 Å². The standard InChI is InChI=1S/C16H22N2O.C3H8/c1-15(2,3)14-17-12-10-8-7-9-11(12)13(19)18(14)16(4,5)6;1-3-2/h7-10H,1-6H3;3H2,1-2H3. The third-order valence-corrected chi connectivity index (χ3v) is 3.12. The number of rotatable bonds is 0. The van der Waals surface area contributed by atoms with Gasteiger partial charge in [-0.25, -0.2) is 4.98 Å². The molecule has 22 heavy (non-hydrogen) atoms. The minimum Gasteiger partial charge on any atom is -0.290 e. The average molecular weight is 302 g/mol. The van der Waals surface area contributed by atoms with Crippen LogP contribution in [0.2, 0.25) is 0 Å². The second-order valence-electron chi connectivity index (χ2n) is 7.72. The Morgan fingerprint density at radius 2 is 1.50 bits per heavy atom. The summed E-state index contributed by atoms with van der Waals surface area (Å²) >= 11 is 0. The van der Waals surface area contributed by atoms with Crippen molar-refractivity contribution in [2.75, 3.05) is 0 Å². The molecular weight excluding hydrogens is 272 g/mol. The SMILES string of the molecule is CC(C)(C)c1nc2ccccc2c(=O)n1C(C)(C)C.CCC. The van der Waals surface area contributed by atoms with E-state index in [2.05, 4.69) is 34.6 Å². The average Bonchev–Trinajstić information content (AvgIpc) is 2.37. The second kappa shape index (κ2) is 6.64. The number of hydrogen-bond acceptors (Lipinski definition) is 2. The van der Waals surface area contributed by atoms with Gasteiger partial charge in [-0.2, -0.15) is 0 Å². The van der Waals surface area contributed by atoms with E-state index < -0.39 is 0 Å². The van der Waals surface area contributed by atoms with Gasteiger partial charge in [-0.1, -0.05) is 53.2 Å². The molecule has 1 aromatic heterocycles. The number of hydrogen-bond donors (Lipinski definition) is 0. The Labute approximate surface area is 134 Å². The molecule has 3 heteroatoms. The molecule has 0 unspecified atom stereocenters. The van der Waals surface area contributed by atoms with E-state index in [0.717, 1.165) is 11.3 Å². The lowest BCUT2D eigenvalue weighted by molar-refractivity contribution is 0.338. The van der Waals surface area contributed by atoms with Gasteiger partial charge in [0.05, 0.1) is 10.9 Å². The summed E-state index contributed by atoms with van der Waals surface area (Å²) in [6.45, 7) is 16.6. The molecule has 1 heterocycles. The van der Waals surface area contributed by atoms with Crippen LogP contribution in [0.5, 0.6) is 0 Å².